The Morgan fingerprint density at radius 2 is 1.92 bits per heavy atom. The average Bonchev–Trinajstić information content (AvgIpc) is 2.50. The van der Waals surface area contributed by atoms with Crippen LogP contribution in [0.5, 0.6) is 5.75 Å². The monoisotopic (exact) mass is 328 g/mol. The van der Waals surface area contributed by atoms with Gasteiger partial charge in [-0.2, -0.15) is 0 Å². The van der Waals surface area contributed by atoms with Crippen LogP contribution in [0.3, 0.4) is 0 Å². The number of phenolic OH excluding ortho intramolecular Hbond substituents is 1. The van der Waals surface area contributed by atoms with Crippen molar-refractivity contribution in [2.24, 2.45) is 23.7 Å². The van der Waals surface area contributed by atoms with Crippen LogP contribution in [-0.4, -0.2) is 33.2 Å². The maximum Gasteiger partial charge on any atom is 0.171 e. The summed E-state index contributed by atoms with van der Waals surface area (Å²) in [6, 6.07) is 4.45. The van der Waals surface area contributed by atoms with Gasteiger partial charge in [-0.1, -0.05) is 19.1 Å². The molecule has 126 valence electrons. The molecule has 1 aromatic carbocycles. The van der Waals surface area contributed by atoms with Crippen LogP contribution >= 0.6 is 0 Å². The van der Waals surface area contributed by atoms with Crippen molar-refractivity contribution in [3.05, 3.63) is 29.3 Å². The standard InChI is InChI=1S/C19H20O5/c1-9-7-13(21)16-15-11(5-6-19(16,24)8-9)17(22)14-10(18(15)23)3-2-4-12(14)20/h2-4,9,11,15-16,20,24H,5-8H2,1H3/t9-,11-,15+,16-,19-/m1/s1. The molecule has 2 fully saturated rings. The van der Waals surface area contributed by atoms with E-state index in [1.807, 2.05) is 6.92 Å². The van der Waals surface area contributed by atoms with E-state index in [0.717, 1.165) is 0 Å². The number of carbonyl (C=O) groups excluding carboxylic acids is 3. The van der Waals surface area contributed by atoms with Gasteiger partial charge in [0.2, 0.25) is 0 Å². The Morgan fingerprint density at radius 1 is 1.17 bits per heavy atom. The first kappa shape index (κ1) is 15.5. The fourth-order valence-electron chi connectivity index (χ4n) is 5.18. The molecule has 0 radical (unpaired) electrons. The summed E-state index contributed by atoms with van der Waals surface area (Å²) in [5.74, 6) is -3.02. The number of ketones is 3. The van der Waals surface area contributed by atoms with Crippen LogP contribution in [0.2, 0.25) is 0 Å². The molecule has 0 bridgehead atoms. The molecule has 2 saturated carbocycles. The molecule has 5 nitrogen and oxygen atoms in total. The number of rotatable bonds is 0. The van der Waals surface area contributed by atoms with Crippen LogP contribution in [0.25, 0.3) is 0 Å². The van der Waals surface area contributed by atoms with Gasteiger partial charge in [-0.15, -0.1) is 0 Å². The van der Waals surface area contributed by atoms with Gasteiger partial charge >= 0.3 is 0 Å². The van der Waals surface area contributed by atoms with Crippen LogP contribution in [0.15, 0.2) is 18.2 Å². The van der Waals surface area contributed by atoms with Crippen molar-refractivity contribution < 1.29 is 24.6 Å². The smallest absolute Gasteiger partial charge is 0.171 e. The molecule has 0 aromatic heterocycles. The Morgan fingerprint density at radius 3 is 2.67 bits per heavy atom. The first-order valence-electron chi connectivity index (χ1n) is 8.49. The van der Waals surface area contributed by atoms with Crippen molar-refractivity contribution in [3.8, 4) is 5.75 Å². The molecule has 3 aliphatic carbocycles. The van der Waals surface area contributed by atoms with Crippen molar-refractivity contribution in [3.63, 3.8) is 0 Å². The first-order valence-corrected chi connectivity index (χ1v) is 8.49. The van der Waals surface area contributed by atoms with E-state index in [1.54, 1.807) is 0 Å². The third-order valence-corrected chi connectivity index (χ3v) is 6.05. The first-order chi connectivity index (χ1) is 11.3. The molecule has 2 N–H and O–H groups in total. The van der Waals surface area contributed by atoms with Gasteiger partial charge in [-0.25, -0.2) is 0 Å². The zero-order chi connectivity index (χ0) is 17.2. The Bertz CT molecular complexity index is 767. The predicted molar refractivity (Wildman–Crippen MR) is 84.8 cm³/mol. The number of aromatic hydroxyl groups is 1. The second kappa shape index (κ2) is 4.99. The average molecular weight is 328 g/mol. The lowest BCUT2D eigenvalue weighted by molar-refractivity contribution is -0.154. The third kappa shape index (κ3) is 1.94. The van der Waals surface area contributed by atoms with Crippen molar-refractivity contribution in [2.75, 3.05) is 0 Å². The molecule has 3 aliphatic rings. The lowest BCUT2D eigenvalue weighted by atomic mass is 9.53. The van der Waals surface area contributed by atoms with E-state index in [2.05, 4.69) is 0 Å². The molecular formula is C19H20O5. The molecule has 0 spiro atoms. The van der Waals surface area contributed by atoms with Crippen LogP contribution in [0.4, 0.5) is 0 Å². The molecule has 5 heteroatoms. The summed E-state index contributed by atoms with van der Waals surface area (Å²) in [5, 5.41) is 21.1. The molecule has 1 aromatic rings. The summed E-state index contributed by atoms with van der Waals surface area (Å²) in [6.45, 7) is 1.93. The van der Waals surface area contributed by atoms with E-state index in [4.69, 9.17) is 0 Å². The number of fused-ring (bicyclic) bond motifs is 4. The molecule has 0 aliphatic heterocycles. The number of benzene rings is 1. The minimum atomic E-state index is -1.19. The predicted octanol–water partition coefficient (Wildman–Crippen LogP) is 2.14. The molecule has 0 saturated heterocycles. The zero-order valence-electron chi connectivity index (χ0n) is 13.5. The maximum atomic E-state index is 13.0. The highest BCUT2D eigenvalue weighted by atomic mass is 16.3. The van der Waals surface area contributed by atoms with E-state index >= 15 is 0 Å². The number of hydrogen-bond donors (Lipinski definition) is 2. The number of hydrogen-bond acceptors (Lipinski definition) is 5. The van der Waals surface area contributed by atoms with E-state index in [1.165, 1.54) is 18.2 Å². The third-order valence-electron chi connectivity index (χ3n) is 6.05. The van der Waals surface area contributed by atoms with E-state index in [0.29, 0.717) is 25.7 Å². The van der Waals surface area contributed by atoms with Gasteiger partial charge in [0.05, 0.1) is 17.1 Å². The summed E-state index contributed by atoms with van der Waals surface area (Å²) in [7, 11) is 0. The van der Waals surface area contributed by atoms with Gasteiger partial charge in [-0.3, -0.25) is 14.4 Å². The van der Waals surface area contributed by atoms with E-state index in [9.17, 15) is 24.6 Å². The molecule has 5 atom stereocenters. The summed E-state index contributed by atoms with van der Waals surface area (Å²) < 4.78 is 0. The minimum absolute atomic E-state index is 0.0748. The van der Waals surface area contributed by atoms with Gasteiger partial charge in [0.15, 0.2) is 11.6 Å². The number of Topliss-reactive ketones (excluding diaryl/α,β-unsaturated/α-hetero) is 3. The highest BCUT2D eigenvalue weighted by Gasteiger charge is 2.60. The van der Waals surface area contributed by atoms with Crippen molar-refractivity contribution in [1.82, 2.24) is 0 Å². The van der Waals surface area contributed by atoms with Crippen LogP contribution < -0.4 is 0 Å². The normalized spacial score (nSPS) is 38.3. The quantitative estimate of drug-likeness (QED) is 0.761. The number of carbonyl (C=O) groups is 3. The fraction of sp³-hybridized carbons (Fsp3) is 0.526. The van der Waals surface area contributed by atoms with Gasteiger partial charge in [0, 0.05) is 23.8 Å². The Labute approximate surface area is 139 Å². The molecule has 0 unspecified atom stereocenters. The molecular weight excluding hydrogens is 308 g/mol. The topological polar surface area (TPSA) is 91.7 Å². The lowest BCUT2D eigenvalue weighted by Crippen LogP contribution is -2.59. The highest BCUT2D eigenvalue weighted by Crippen LogP contribution is 2.53. The minimum Gasteiger partial charge on any atom is -0.507 e. The van der Waals surface area contributed by atoms with E-state index < -0.39 is 23.4 Å². The number of phenols is 1. The maximum absolute atomic E-state index is 13.0. The van der Waals surface area contributed by atoms with Gasteiger partial charge in [0.25, 0.3) is 0 Å². The highest BCUT2D eigenvalue weighted by molar-refractivity contribution is 6.18. The van der Waals surface area contributed by atoms with E-state index in [-0.39, 0.29) is 40.1 Å². The summed E-state index contributed by atoms with van der Waals surface area (Å²) in [6.07, 6.45) is 1.54. The van der Waals surface area contributed by atoms with Gasteiger partial charge in [-0.05, 0) is 31.2 Å². The van der Waals surface area contributed by atoms with Crippen molar-refractivity contribution in [2.45, 2.75) is 38.2 Å². The SMILES string of the molecule is C[C@@H]1CC(=O)[C@@H]2[C@H]3C(=O)c4cccc(O)c4C(=O)[C@@H]3CC[C@@]2(O)C1. The van der Waals surface area contributed by atoms with Crippen LogP contribution in [0.1, 0.15) is 53.3 Å². The van der Waals surface area contributed by atoms with Crippen LogP contribution in [0, 0.1) is 23.7 Å². The summed E-state index contributed by atoms with van der Waals surface area (Å²) in [5.41, 5.74) is -0.942. The largest absolute Gasteiger partial charge is 0.507 e. The molecule has 0 amide bonds. The summed E-state index contributed by atoms with van der Waals surface area (Å²) in [4.78, 5) is 38.6. The van der Waals surface area contributed by atoms with Crippen molar-refractivity contribution in [1.29, 1.82) is 0 Å². The fourth-order valence-corrected chi connectivity index (χ4v) is 5.18. The number of aliphatic hydroxyl groups is 1. The van der Waals surface area contributed by atoms with Crippen LogP contribution in [-0.2, 0) is 4.79 Å². The molecule has 4 rings (SSSR count). The summed E-state index contributed by atoms with van der Waals surface area (Å²) >= 11 is 0. The second-order valence-corrected chi connectivity index (χ2v) is 7.66. The Hall–Kier alpha value is -2.01. The zero-order valence-corrected chi connectivity index (χ0v) is 13.5. The Kier molecular flexibility index (Phi) is 3.23. The molecule has 24 heavy (non-hydrogen) atoms. The lowest BCUT2D eigenvalue weighted by Gasteiger charge is -2.51. The van der Waals surface area contributed by atoms with Crippen molar-refractivity contribution >= 4 is 17.3 Å². The van der Waals surface area contributed by atoms with Gasteiger partial charge in [0.1, 0.15) is 11.5 Å². The van der Waals surface area contributed by atoms with Gasteiger partial charge < -0.3 is 10.2 Å². The second-order valence-electron chi connectivity index (χ2n) is 7.66. The Balaban J connectivity index is 1.85. The molecule has 0 heterocycles.